The molecular formula is C33H33F4N3O2. The maximum atomic E-state index is 14.3. The molecule has 1 aromatic heterocycles. The summed E-state index contributed by atoms with van der Waals surface area (Å²) in [4.78, 5) is 17.7. The zero-order valence-electron chi connectivity index (χ0n) is 23.4. The number of furan rings is 1. The number of carbonyl (C=O) groups excluding carboxylic acids is 1. The Bertz CT molecular complexity index is 1570. The minimum Gasteiger partial charge on any atom is -0.462 e. The van der Waals surface area contributed by atoms with Crippen LogP contribution in [0.25, 0.3) is 22.1 Å². The lowest BCUT2D eigenvalue weighted by molar-refractivity contribution is -0.137. The molecule has 2 atom stereocenters. The Morgan fingerprint density at radius 2 is 1.69 bits per heavy atom. The van der Waals surface area contributed by atoms with E-state index in [1.807, 2.05) is 6.07 Å². The molecule has 1 saturated carbocycles. The highest BCUT2D eigenvalue weighted by Gasteiger charge is 2.32. The van der Waals surface area contributed by atoms with Gasteiger partial charge in [0, 0.05) is 37.5 Å². The number of piperazine rings is 1. The quantitative estimate of drug-likeness (QED) is 0.244. The lowest BCUT2D eigenvalue weighted by atomic mass is 9.77. The van der Waals surface area contributed by atoms with E-state index in [9.17, 15) is 22.4 Å². The Morgan fingerprint density at radius 1 is 0.929 bits per heavy atom. The molecule has 2 aliphatic rings. The monoisotopic (exact) mass is 579 g/mol. The van der Waals surface area contributed by atoms with Gasteiger partial charge in [0.1, 0.15) is 5.82 Å². The van der Waals surface area contributed by atoms with E-state index >= 15 is 0 Å². The van der Waals surface area contributed by atoms with Crippen LogP contribution in [0.1, 0.15) is 42.7 Å². The molecule has 2 unspecified atom stereocenters. The number of nitrogens with zero attached hydrogens (tertiary/aromatic N) is 2. The van der Waals surface area contributed by atoms with Gasteiger partial charge in [-0.25, -0.2) is 4.39 Å². The third-order valence-corrected chi connectivity index (χ3v) is 8.69. The first kappa shape index (κ1) is 28.3. The number of likely N-dealkylation sites (N-methyl/N-ethyl adjacent to an activating group) is 1. The van der Waals surface area contributed by atoms with Crippen molar-refractivity contribution in [2.75, 3.05) is 43.4 Å². The summed E-state index contributed by atoms with van der Waals surface area (Å²) in [6.07, 6.45) is 0.120. The predicted molar refractivity (Wildman–Crippen MR) is 156 cm³/mol. The van der Waals surface area contributed by atoms with Crippen LogP contribution in [-0.2, 0) is 11.0 Å². The molecule has 220 valence electrons. The van der Waals surface area contributed by atoms with Crippen LogP contribution < -0.4 is 10.2 Å². The maximum absolute atomic E-state index is 14.3. The van der Waals surface area contributed by atoms with Crippen LogP contribution >= 0.6 is 0 Å². The molecule has 1 N–H and O–H groups in total. The SMILES string of the molecule is CN1CCN(c2cc(-c3ccc(C4CCCC(C(=O)Nc5ccc(C(F)(F)F)cc5F)C4)cc3)cc3ccoc23)CC1. The van der Waals surface area contributed by atoms with Gasteiger partial charge in [0.25, 0.3) is 0 Å². The maximum Gasteiger partial charge on any atom is 0.416 e. The average molecular weight is 580 g/mol. The summed E-state index contributed by atoms with van der Waals surface area (Å²) in [5.41, 5.74) is 4.05. The van der Waals surface area contributed by atoms with Crippen molar-refractivity contribution in [1.29, 1.82) is 0 Å². The van der Waals surface area contributed by atoms with E-state index in [2.05, 4.69) is 58.6 Å². The van der Waals surface area contributed by atoms with Crippen molar-refractivity contribution in [2.45, 2.75) is 37.8 Å². The summed E-state index contributed by atoms with van der Waals surface area (Å²) < 4.78 is 58.8. The molecule has 1 saturated heterocycles. The van der Waals surface area contributed by atoms with Gasteiger partial charge >= 0.3 is 6.18 Å². The van der Waals surface area contributed by atoms with Gasteiger partial charge in [-0.15, -0.1) is 0 Å². The van der Waals surface area contributed by atoms with Crippen LogP contribution in [-0.4, -0.2) is 44.0 Å². The predicted octanol–water partition coefficient (Wildman–Crippen LogP) is 7.92. The number of hydrogen-bond donors (Lipinski definition) is 1. The summed E-state index contributed by atoms with van der Waals surface area (Å²) in [5.74, 6) is -1.64. The minimum absolute atomic E-state index is 0.165. The third kappa shape index (κ3) is 5.88. The van der Waals surface area contributed by atoms with Crippen molar-refractivity contribution in [3.63, 3.8) is 0 Å². The number of fused-ring (bicyclic) bond motifs is 1. The molecule has 3 aromatic carbocycles. The summed E-state index contributed by atoms with van der Waals surface area (Å²) in [6, 6.07) is 17.0. The van der Waals surface area contributed by atoms with Gasteiger partial charge in [0.05, 0.1) is 23.2 Å². The van der Waals surface area contributed by atoms with Crippen LogP contribution in [0, 0.1) is 11.7 Å². The summed E-state index contributed by atoms with van der Waals surface area (Å²) in [7, 11) is 2.14. The van der Waals surface area contributed by atoms with E-state index < -0.39 is 17.6 Å². The molecule has 6 rings (SSSR count). The number of carbonyl (C=O) groups is 1. The van der Waals surface area contributed by atoms with E-state index in [4.69, 9.17) is 4.42 Å². The number of rotatable bonds is 5. The smallest absolute Gasteiger partial charge is 0.416 e. The van der Waals surface area contributed by atoms with Crippen LogP contribution in [0.15, 0.2) is 71.3 Å². The Hall–Kier alpha value is -3.85. The number of hydrogen-bond acceptors (Lipinski definition) is 4. The average Bonchev–Trinajstić information content (AvgIpc) is 3.47. The fourth-order valence-corrected chi connectivity index (χ4v) is 6.22. The fraction of sp³-hybridized carbons (Fsp3) is 0.364. The highest BCUT2D eigenvalue weighted by molar-refractivity contribution is 5.94. The standard InChI is InChI=1S/C33H33F4N3O2/c1-39-12-14-40(15-13-39)30-19-26(18-24-11-16-42-31(24)30)22-7-5-21(6-8-22)23-3-2-4-25(17-23)32(41)38-29-10-9-27(20-28(29)34)33(35,36)37/h5-11,16,18-20,23,25H,2-4,12-15,17H2,1H3,(H,38,41). The molecule has 4 aromatic rings. The normalized spacial score (nSPS) is 20.2. The van der Waals surface area contributed by atoms with Crippen molar-refractivity contribution in [3.8, 4) is 11.1 Å². The molecule has 9 heteroatoms. The number of amides is 1. The van der Waals surface area contributed by atoms with Gasteiger partial charge in [0.15, 0.2) is 5.58 Å². The number of nitrogens with one attached hydrogen (secondary N) is 1. The van der Waals surface area contributed by atoms with Gasteiger partial charge in [0.2, 0.25) is 5.91 Å². The Labute approximate surface area is 242 Å². The number of halogens is 4. The van der Waals surface area contributed by atoms with Crippen molar-refractivity contribution in [1.82, 2.24) is 4.90 Å². The van der Waals surface area contributed by atoms with Crippen molar-refractivity contribution >= 4 is 28.3 Å². The summed E-state index contributed by atoms with van der Waals surface area (Å²) in [6.45, 7) is 3.88. The van der Waals surface area contributed by atoms with Crippen molar-refractivity contribution < 1.29 is 26.8 Å². The first-order valence-electron chi connectivity index (χ1n) is 14.4. The molecule has 1 amide bonds. The van der Waals surface area contributed by atoms with Gasteiger partial charge < -0.3 is 19.5 Å². The lowest BCUT2D eigenvalue weighted by Gasteiger charge is -2.34. The Morgan fingerprint density at radius 3 is 2.40 bits per heavy atom. The van der Waals surface area contributed by atoms with Gasteiger partial charge in [-0.2, -0.15) is 13.2 Å². The number of benzene rings is 3. The molecule has 5 nitrogen and oxygen atoms in total. The molecule has 1 aliphatic heterocycles. The van der Waals surface area contributed by atoms with Gasteiger partial charge in [-0.1, -0.05) is 30.7 Å². The molecule has 2 heterocycles. The van der Waals surface area contributed by atoms with Crippen molar-refractivity contribution in [2.24, 2.45) is 5.92 Å². The second kappa shape index (κ2) is 11.4. The second-order valence-corrected chi connectivity index (χ2v) is 11.5. The van der Waals surface area contributed by atoms with Crippen LogP contribution in [0.4, 0.5) is 28.9 Å². The van der Waals surface area contributed by atoms with E-state index in [1.165, 1.54) is 0 Å². The van der Waals surface area contributed by atoms with Gasteiger partial charge in [-0.05, 0) is 85.3 Å². The zero-order valence-corrected chi connectivity index (χ0v) is 23.4. The van der Waals surface area contributed by atoms with Crippen LogP contribution in [0.3, 0.4) is 0 Å². The Kier molecular flexibility index (Phi) is 7.70. The molecule has 1 aliphatic carbocycles. The van der Waals surface area contributed by atoms with Crippen molar-refractivity contribution in [3.05, 3.63) is 83.9 Å². The topological polar surface area (TPSA) is 48.7 Å². The fourth-order valence-electron chi connectivity index (χ4n) is 6.22. The highest BCUT2D eigenvalue weighted by atomic mass is 19.4. The van der Waals surface area contributed by atoms with Gasteiger partial charge in [-0.3, -0.25) is 4.79 Å². The largest absolute Gasteiger partial charge is 0.462 e. The first-order valence-corrected chi connectivity index (χ1v) is 14.4. The highest BCUT2D eigenvalue weighted by Crippen LogP contribution is 2.39. The number of anilines is 2. The van der Waals surface area contributed by atoms with E-state index in [1.54, 1.807) is 6.26 Å². The molecule has 0 spiro atoms. The van der Waals surface area contributed by atoms with Crippen LogP contribution in [0.2, 0.25) is 0 Å². The van der Waals surface area contributed by atoms with E-state index in [0.717, 1.165) is 84.5 Å². The van der Waals surface area contributed by atoms with E-state index in [0.29, 0.717) is 18.9 Å². The van der Waals surface area contributed by atoms with Crippen LogP contribution in [0.5, 0.6) is 0 Å². The number of alkyl halides is 3. The molecule has 42 heavy (non-hydrogen) atoms. The minimum atomic E-state index is -4.64. The first-order chi connectivity index (χ1) is 20.2. The molecule has 2 fully saturated rings. The lowest BCUT2D eigenvalue weighted by Crippen LogP contribution is -2.44. The summed E-state index contributed by atoms with van der Waals surface area (Å²) >= 11 is 0. The Balaban J connectivity index is 1.15. The third-order valence-electron chi connectivity index (χ3n) is 8.69. The zero-order chi connectivity index (χ0) is 29.4. The summed E-state index contributed by atoms with van der Waals surface area (Å²) in [5, 5.41) is 3.58. The molecular weight excluding hydrogens is 546 g/mol. The second-order valence-electron chi connectivity index (χ2n) is 11.5. The molecule has 0 bridgehead atoms. The molecule has 0 radical (unpaired) electrons. The van der Waals surface area contributed by atoms with E-state index in [-0.39, 0.29) is 23.4 Å².